The van der Waals surface area contributed by atoms with Crippen LogP contribution in [0.2, 0.25) is 0 Å². The van der Waals surface area contributed by atoms with Crippen LogP contribution in [0.15, 0.2) is 16.9 Å². The van der Waals surface area contributed by atoms with Gasteiger partial charge in [-0.05, 0) is 12.8 Å². The fraction of sp³-hybridized carbons (Fsp3) is 0.667. The molecule has 2 rings (SSSR count). The Bertz CT molecular complexity index is 242. The molecule has 1 aromatic rings. The van der Waals surface area contributed by atoms with Crippen molar-refractivity contribution >= 4 is 0 Å². The molecule has 1 fully saturated rings. The van der Waals surface area contributed by atoms with Crippen molar-refractivity contribution in [2.75, 3.05) is 7.11 Å². The van der Waals surface area contributed by atoms with Crippen LogP contribution in [0.25, 0.3) is 0 Å². The van der Waals surface area contributed by atoms with Gasteiger partial charge < -0.3 is 14.6 Å². The lowest BCUT2D eigenvalue weighted by Crippen LogP contribution is -2.44. The molecule has 1 aliphatic carbocycles. The Morgan fingerprint density at radius 1 is 1.69 bits per heavy atom. The molecule has 0 radical (unpaired) electrons. The summed E-state index contributed by atoms with van der Waals surface area (Å²) in [7, 11) is 1.76. The third-order valence-electron chi connectivity index (χ3n) is 2.49. The average molecular weight is 182 g/mol. The van der Waals surface area contributed by atoms with Crippen LogP contribution >= 0.6 is 0 Å². The summed E-state index contributed by atoms with van der Waals surface area (Å²) < 4.78 is 9.91. The van der Waals surface area contributed by atoms with E-state index in [1.165, 1.54) is 0 Å². The highest BCUT2D eigenvalue weighted by Gasteiger charge is 2.28. The maximum absolute atomic E-state index is 5.18. The van der Waals surface area contributed by atoms with E-state index in [9.17, 15) is 0 Å². The number of hydrogen-bond acceptors (Lipinski definition) is 4. The van der Waals surface area contributed by atoms with E-state index in [1.807, 2.05) is 6.07 Å². The molecule has 72 valence electrons. The summed E-state index contributed by atoms with van der Waals surface area (Å²) in [5, 5.41) is 7.20. The van der Waals surface area contributed by atoms with Crippen molar-refractivity contribution in [1.29, 1.82) is 0 Å². The van der Waals surface area contributed by atoms with Gasteiger partial charge in [0.25, 0.3) is 0 Å². The quantitative estimate of drug-likeness (QED) is 0.752. The van der Waals surface area contributed by atoms with Gasteiger partial charge in [-0.2, -0.15) is 0 Å². The molecule has 1 heterocycles. The number of rotatable bonds is 4. The van der Waals surface area contributed by atoms with Crippen LogP contribution in [0, 0.1) is 0 Å². The largest absolute Gasteiger partial charge is 0.381 e. The lowest BCUT2D eigenvalue weighted by Gasteiger charge is -2.34. The van der Waals surface area contributed by atoms with Crippen molar-refractivity contribution in [3.8, 4) is 0 Å². The Balaban J connectivity index is 1.65. The van der Waals surface area contributed by atoms with Crippen LogP contribution in [0.4, 0.5) is 0 Å². The van der Waals surface area contributed by atoms with Crippen LogP contribution in [-0.2, 0) is 11.3 Å². The van der Waals surface area contributed by atoms with Gasteiger partial charge >= 0.3 is 0 Å². The number of ether oxygens (including phenoxy) is 1. The van der Waals surface area contributed by atoms with Crippen molar-refractivity contribution in [3.63, 3.8) is 0 Å². The summed E-state index contributed by atoms with van der Waals surface area (Å²) in [6.07, 6.45) is 4.26. The summed E-state index contributed by atoms with van der Waals surface area (Å²) in [4.78, 5) is 0. The maximum atomic E-state index is 5.18. The normalized spacial score (nSPS) is 27.2. The Labute approximate surface area is 77.2 Å². The van der Waals surface area contributed by atoms with Gasteiger partial charge in [0, 0.05) is 25.8 Å². The first-order valence-electron chi connectivity index (χ1n) is 4.54. The monoisotopic (exact) mass is 182 g/mol. The first-order valence-corrected chi connectivity index (χ1v) is 4.54. The Morgan fingerprint density at radius 2 is 2.54 bits per heavy atom. The lowest BCUT2D eigenvalue weighted by molar-refractivity contribution is 0.0168. The number of methoxy groups -OCH3 is 1. The lowest BCUT2D eigenvalue weighted by atomic mass is 9.89. The Morgan fingerprint density at radius 3 is 3.15 bits per heavy atom. The van der Waals surface area contributed by atoms with E-state index in [-0.39, 0.29) is 0 Å². The van der Waals surface area contributed by atoms with Gasteiger partial charge in [0.15, 0.2) is 0 Å². The van der Waals surface area contributed by atoms with Crippen molar-refractivity contribution in [1.82, 2.24) is 10.5 Å². The molecule has 0 aliphatic heterocycles. The third-order valence-corrected chi connectivity index (χ3v) is 2.49. The van der Waals surface area contributed by atoms with E-state index in [0.717, 1.165) is 25.1 Å². The molecule has 0 bridgehead atoms. The second-order valence-electron chi connectivity index (χ2n) is 3.40. The molecule has 13 heavy (non-hydrogen) atoms. The first-order chi connectivity index (χ1) is 6.38. The van der Waals surface area contributed by atoms with Gasteiger partial charge in [-0.3, -0.25) is 0 Å². The number of aromatic nitrogens is 1. The van der Waals surface area contributed by atoms with Crippen molar-refractivity contribution in [3.05, 3.63) is 18.0 Å². The topological polar surface area (TPSA) is 47.3 Å². The average Bonchev–Trinajstić information content (AvgIpc) is 2.54. The molecule has 4 nitrogen and oxygen atoms in total. The minimum atomic E-state index is 0.454. The van der Waals surface area contributed by atoms with Crippen LogP contribution in [0.5, 0.6) is 0 Å². The Kier molecular flexibility index (Phi) is 2.61. The van der Waals surface area contributed by atoms with Crippen LogP contribution < -0.4 is 5.32 Å². The fourth-order valence-electron chi connectivity index (χ4n) is 1.50. The van der Waals surface area contributed by atoms with Gasteiger partial charge in [-0.15, -0.1) is 0 Å². The predicted octanol–water partition coefficient (Wildman–Crippen LogP) is 0.942. The van der Waals surface area contributed by atoms with Crippen molar-refractivity contribution < 1.29 is 9.26 Å². The molecule has 0 aromatic carbocycles. The molecule has 1 N–H and O–H groups in total. The van der Waals surface area contributed by atoms with Gasteiger partial charge in [0.1, 0.15) is 6.26 Å². The van der Waals surface area contributed by atoms with Gasteiger partial charge in [0.05, 0.1) is 11.8 Å². The highest BCUT2D eigenvalue weighted by molar-refractivity contribution is 4.96. The summed E-state index contributed by atoms with van der Waals surface area (Å²) in [5.41, 5.74) is 0.959. The van der Waals surface area contributed by atoms with E-state index in [0.29, 0.717) is 12.1 Å². The van der Waals surface area contributed by atoms with Gasteiger partial charge in [-0.1, -0.05) is 5.16 Å². The van der Waals surface area contributed by atoms with E-state index in [4.69, 9.17) is 9.26 Å². The zero-order chi connectivity index (χ0) is 9.10. The maximum Gasteiger partial charge on any atom is 0.124 e. The van der Waals surface area contributed by atoms with Crippen LogP contribution in [0.3, 0.4) is 0 Å². The minimum Gasteiger partial charge on any atom is -0.381 e. The molecule has 0 spiro atoms. The molecular weight excluding hydrogens is 168 g/mol. The van der Waals surface area contributed by atoms with Crippen LogP contribution in [0.1, 0.15) is 18.5 Å². The molecule has 4 heteroatoms. The smallest absolute Gasteiger partial charge is 0.124 e. The summed E-state index contributed by atoms with van der Waals surface area (Å²) >= 11 is 0. The second kappa shape index (κ2) is 3.89. The van der Waals surface area contributed by atoms with Crippen molar-refractivity contribution in [2.24, 2.45) is 0 Å². The van der Waals surface area contributed by atoms with Crippen molar-refractivity contribution in [2.45, 2.75) is 31.5 Å². The highest BCUT2D eigenvalue weighted by atomic mass is 16.5. The first kappa shape index (κ1) is 8.72. The molecule has 0 saturated heterocycles. The summed E-state index contributed by atoms with van der Waals surface area (Å²) in [6.45, 7) is 0.789. The zero-order valence-corrected chi connectivity index (χ0v) is 7.69. The van der Waals surface area contributed by atoms with E-state index >= 15 is 0 Å². The second-order valence-corrected chi connectivity index (χ2v) is 3.40. The van der Waals surface area contributed by atoms with Gasteiger partial charge in [0.2, 0.25) is 0 Å². The highest BCUT2D eigenvalue weighted by Crippen LogP contribution is 2.22. The summed E-state index contributed by atoms with van der Waals surface area (Å²) in [6, 6.07) is 2.46. The molecule has 1 aromatic heterocycles. The van der Waals surface area contributed by atoms with E-state index in [2.05, 4.69) is 10.5 Å². The van der Waals surface area contributed by atoms with Gasteiger partial charge in [-0.25, -0.2) is 0 Å². The number of hydrogen-bond donors (Lipinski definition) is 1. The third kappa shape index (κ3) is 2.08. The van der Waals surface area contributed by atoms with Crippen LogP contribution in [-0.4, -0.2) is 24.4 Å². The Hall–Kier alpha value is -0.870. The number of nitrogens with zero attached hydrogens (tertiary/aromatic N) is 1. The standard InChI is InChI=1S/C9H14N2O2/c1-12-9-4-8(5-9)10-6-7-2-3-13-11-7/h2-3,8-10H,4-6H2,1H3. The minimum absolute atomic E-state index is 0.454. The molecule has 0 atom stereocenters. The molecule has 0 amide bonds. The zero-order valence-electron chi connectivity index (χ0n) is 7.69. The molecular formula is C9H14N2O2. The molecule has 1 saturated carbocycles. The fourth-order valence-corrected chi connectivity index (χ4v) is 1.50. The molecule has 0 unspecified atom stereocenters. The predicted molar refractivity (Wildman–Crippen MR) is 47.2 cm³/mol. The number of nitrogens with one attached hydrogen (secondary N) is 1. The SMILES string of the molecule is COC1CC(NCc2ccon2)C1. The van der Waals surface area contributed by atoms with E-state index in [1.54, 1.807) is 13.4 Å². The summed E-state index contributed by atoms with van der Waals surface area (Å²) in [5.74, 6) is 0. The molecule has 1 aliphatic rings. The van der Waals surface area contributed by atoms with E-state index < -0.39 is 0 Å².